The van der Waals surface area contributed by atoms with Gasteiger partial charge in [0.05, 0.1) is 19.8 Å². The summed E-state index contributed by atoms with van der Waals surface area (Å²) >= 11 is 0. The molecule has 4 rings (SSSR count). The molecule has 0 radical (unpaired) electrons. The van der Waals surface area contributed by atoms with Crippen molar-refractivity contribution in [3.05, 3.63) is 29.8 Å². The van der Waals surface area contributed by atoms with Gasteiger partial charge in [-0.3, -0.25) is 9.80 Å². The maximum absolute atomic E-state index is 6.17. The van der Waals surface area contributed by atoms with Gasteiger partial charge in [0, 0.05) is 57.8 Å². The molecule has 1 N–H and O–H groups in total. The minimum Gasteiger partial charge on any atom is -0.493 e. The van der Waals surface area contributed by atoms with E-state index in [2.05, 4.69) is 39.4 Å². The van der Waals surface area contributed by atoms with Crippen LogP contribution in [0.3, 0.4) is 0 Å². The number of fused-ring (bicyclic) bond motifs is 1. The van der Waals surface area contributed by atoms with Crippen LogP contribution < -0.4 is 10.1 Å². The summed E-state index contributed by atoms with van der Waals surface area (Å²) in [5, 5.41) is 3.51. The lowest BCUT2D eigenvalue weighted by Crippen LogP contribution is -2.55. The lowest BCUT2D eigenvalue weighted by Gasteiger charge is -2.42. The second-order valence-electron chi connectivity index (χ2n) is 7.64. The van der Waals surface area contributed by atoms with E-state index in [1.807, 2.05) is 0 Å². The van der Waals surface area contributed by atoms with Crippen molar-refractivity contribution >= 4 is 24.8 Å². The van der Waals surface area contributed by atoms with Crippen LogP contribution in [0.25, 0.3) is 0 Å². The van der Waals surface area contributed by atoms with Crippen molar-refractivity contribution in [2.45, 2.75) is 25.4 Å². The van der Waals surface area contributed by atoms with Crippen molar-refractivity contribution < 1.29 is 9.47 Å². The average molecular weight is 418 g/mol. The van der Waals surface area contributed by atoms with Crippen LogP contribution in [0.15, 0.2) is 24.3 Å². The highest BCUT2D eigenvalue weighted by Gasteiger charge is 2.30. The lowest BCUT2D eigenvalue weighted by molar-refractivity contribution is 0.0341. The predicted octanol–water partition coefficient (Wildman–Crippen LogP) is 2.42. The number of piperidine rings is 1. The van der Waals surface area contributed by atoms with Gasteiger partial charge in [-0.2, -0.15) is 0 Å². The summed E-state index contributed by atoms with van der Waals surface area (Å²) < 4.78 is 11.6. The largest absolute Gasteiger partial charge is 0.493 e. The molecule has 0 saturated carbocycles. The molecule has 0 aromatic heterocycles. The van der Waals surface area contributed by atoms with E-state index in [-0.39, 0.29) is 24.8 Å². The number of ether oxygens (including phenoxy) is 2. The maximum Gasteiger partial charge on any atom is 0.119 e. The molecular weight excluding hydrogens is 385 g/mol. The van der Waals surface area contributed by atoms with Gasteiger partial charge in [-0.1, -0.05) is 12.1 Å². The first-order valence-corrected chi connectivity index (χ1v) is 9.83. The van der Waals surface area contributed by atoms with Crippen LogP contribution in [0, 0.1) is 5.92 Å². The van der Waals surface area contributed by atoms with Crippen molar-refractivity contribution in [3.8, 4) is 5.75 Å². The lowest BCUT2D eigenvalue weighted by atomic mass is 9.92. The zero-order valence-corrected chi connectivity index (χ0v) is 17.6. The minimum atomic E-state index is 0. The fourth-order valence-electron chi connectivity index (χ4n) is 4.28. The van der Waals surface area contributed by atoms with E-state index in [0.29, 0.717) is 5.92 Å². The van der Waals surface area contributed by atoms with Crippen LogP contribution in [0.4, 0.5) is 0 Å². The first-order chi connectivity index (χ1) is 12.4. The Kier molecular flexibility index (Phi) is 9.63. The third-order valence-electron chi connectivity index (χ3n) is 5.77. The Bertz CT molecular complexity index is 558. The number of nitrogens with one attached hydrogen (secondary N) is 1. The van der Waals surface area contributed by atoms with Gasteiger partial charge < -0.3 is 14.8 Å². The summed E-state index contributed by atoms with van der Waals surface area (Å²) in [5.74, 6) is 1.69. The SMILES string of the molecule is Cl.Cl.c1cc(CN2CCOCC2)cc(OC[C@@H]2CC[C@@H]3CNCCN3C2)c1. The molecule has 3 saturated heterocycles. The van der Waals surface area contributed by atoms with E-state index in [1.165, 1.54) is 31.5 Å². The van der Waals surface area contributed by atoms with E-state index in [9.17, 15) is 0 Å². The smallest absolute Gasteiger partial charge is 0.119 e. The van der Waals surface area contributed by atoms with Crippen LogP contribution in [0.2, 0.25) is 0 Å². The number of hydrogen-bond acceptors (Lipinski definition) is 5. The number of halogens is 2. The predicted molar refractivity (Wildman–Crippen MR) is 113 cm³/mol. The van der Waals surface area contributed by atoms with Gasteiger partial charge >= 0.3 is 0 Å². The van der Waals surface area contributed by atoms with Gasteiger partial charge in [0.15, 0.2) is 0 Å². The quantitative estimate of drug-likeness (QED) is 0.795. The standard InChI is InChI=1S/C20H31N3O2.2ClH/c1-2-17(14-22-8-10-24-11-9-22)12-20(3-1)25-16-18-4-5-19-13-21-6-7-23(19)15-18;;/h1-3,12,18-19,21H,4-11,13-16H2;2*1H/t18-,19-;;/m1../s1. The van der Waals surface area contributed by atoms with Crippen LogP contribution in [-0.2, 0) is 11.3 Å². The molecule has 154 valence electrons. The molecule has 1 aromatic rings. The number of nitrogens with zero attached hydrogens (tertiary/aromatic N) is 2. The third kappa shape index (κ3) is 6.48. The molecule has 3 heterocycles. The van der Waals surface area contributed by atoms with Crippen LogP contribution >= 0.6 is 24.8 Å². The van der Waals surface area contributed by atoms with Gasteiger partial charge in [-0.05, 0) is 30.5 Å². The fraction of sp³-hybridized carbons (Fsp3) is 0.700. The molecule has 0 bridgehead atoms. The van der Waals surface area contributed by atoms with E-state index in [1.54, 1.807) is 0 Å². The van der Waals surface area contributed by atoms with E-state index in [0.717, 1.165) is 64.3 Å². The maximum atomic E-state index is 6.17. The fourth-order valence-corrected chi connectivity index (χ4v) is 4.28. The summed E-state index contributed by atoms with van der Waals surface area (Å²) in [6.45, 7) is 10.3. The van der Waals surface area contributed by atoms with Gasteiger partial charge in [-0.15, -0.1) is 24.8 Å². The van der Waals surface area contributed by atoms with Gasteiger partial charge in [0.1, 0.15) is 5.75 Å². The van der Waals surface area contributed by atoms with Gasteiger partial charge in [0.2, 0.25) is 0 Å². The third-order valence-corrected chi connectivity index (χ3v) is 5.77. The Morgan fingerprint density at radius 2 is 1.96 bits per heavy atom. The first kappa shape index (κ1) is 22.7. The van der Waals surface area contributed by atoms with Crippen LogP contribution in [0.5, 0.6) is 5.75 Å². The second-order valence-corrected chi connectivity index (χ2v) is 7.64. The molecule has 3 aliphatic heterocycles. The van der Waals surface area contributed by atoms with Crippen molar-refractivity contribution in [2.75, 3.05) is 59.1 Å². The Morgan fingerprint density at radius 1 is 1.11 bits per heavy atom. The summed E-state index contributed by atoms with van der Waals surface area (Å²) in [4.78, 5) is 5.11. The summed E-state index contributed by atoms with van der Waals surface area (Å²) in [5.41, 5.74) is 1.34. The molecule has 0 unspecified atom stereocenters. The van der Waals surface area contributed by atoms with Crippen LogP contribution in [-0.4, -0.2) is 74.9 Å². The number of hydrogen-bond donors (Lipinski definition) is 1. The summed E-state index contributed by atoms with van der Waals surface area (Å²) in [7, 11) is 0. The van der Waals surface area contributed by atoms with E-state index < -0.39 is 0 Å². The Labute approximate surface area is 175 Å². The van der Waals surface area contributed by atoms with Gasteiger partial charge in [0.25, 0.3) is 0 Å². The molecule has 27 heavy (non-hydrogen) atoms. The highest BCUT2D eigenvalue weighted by atomic mass is 35.5. The molecule has 0 amide bonds. The molecule has 0 spiro atoms. The van der Waals surface area contributed by atoms with Crippen molar-refractivity contribution in [1.82, 2.24) is 15.1 Å². The number of piperazine rings is 1. The van der Waals surface area contributed by atoms with Crippen molar-refractivity contribution in [2.24, 2.45) is 5.92 Å². The number of rotatable bonds is 5. The monoisotopic (exact) mass is 417 g/mol. The zero-order chi connectivity index (χ0) is 16.9. The number of benzene rings is 1. The molecule has 0 aliphatic carbocycles. The Hall–Kier alpha value is -0.560. The van der Waals surface area contributed by atoms with Crippen molar-refractivity contribution in [3.63, 3.8) is 0 Å². The average Bonchev–Trinajstić information content (AvgIpc) is 2.67. The zero-order valence-electron chi connectivity index (χ0n) is 16.0. The highest BCUT2D eigenvalue weighted by molar-refractivity contribution is 5.85. The minimum absolute atomic E-state index is 0. The van der Waals surface area contributed by atoms with E-state index >= 15 is 0 Å². The van der Waals surface area contributed by atoms with E-state index in [4.69, 9.17) is 9.47 Å². The number of morpholine rings is 1. The Morgan fingerprint density at radius 3 is 2.81 bits per heavy atom. The highest BCUT2D eigenvalue weighted by Crippen LogP contribution is 2.24. The molecule has 3 aliphatic rings. The van der Waals surface area contributed by atoms with Crippen LogP contribution in [0.1, 0.15) is 18.4 Å². The van der Waals surface area contributed by atoms with Gasteiger partial charge in [-0.25, -0.2) is 0 Å². The second kappa shape index (κ2) is 11.4. The Balaban J connectivity index is 0.00000131. The topological polar surface area (TPSA) is 37.0 Å². The molecule has 3 fully saturated rings. The molecule has 1 aromatic carbocycles. The summed E-state index contributed by atoms with van der Waals surface area (Å²) in [6.07, 6.45) is 2.59. The molecular formula is C20H33Cl2N3O2. The molecule has 5 nitrogen and oxygen atoms in total. The summed E-state index contributed by atoms with van der Waals surface area (Å²) in [6, 6.07) is 9.39. The molecule has 7 heteroatoms. The van der Waals surface area contributed by atoms with Crippen molar-refractivity contribution in [1.29, 1.82) is 0 Å². The first-order valence-electron chi connectivity index (χ1n) is 9.83. The molecule has 2 atom stereocenters. The normalized spacial score (nSPS) is 26.4.